The molecule has 1 aromatic heterocycles. The van der Waals surface area contributed by atoms with Crippen molar-refractivity contribution in [1.29, 1.82) is 0 Å². The number of rotatable bonds is 3. The van der Waals surface area contributed by atoms with Crippen molar-refractivity contribution < 1.29 is 23.1 Å². The Hall–Kier alpha value is -1.90. The summed E-state index contributed by atoms with van der Waals surface area (Å²) in [5.41, 5.74) is -3.35. The first-order valence-electron chi connectivity index (χ1n) is 7.66. The van der Waals surface area contributed by atoms with Crippen LogP contribution in [0.3, 0.4) is 0 Å². The lowest BCUT2D eigenvalue weighted by atomic mass is 9.81. The van der Waals surface area contributed by atoms with E-state index in [4.69, 9.17) is 16.3 Å². The number of alkyl halides is 3. The summed E-state index contributed by atoms with van der Waals surface area (Å²) >= 11 is 5.91. The van der Waals surface area contributed by atoms with E-state index in [0.717, 1.165) is 12.8 Å². The number of amidine groups is 1. The topological polar surface area (TPSA) is 58.0 Å². The van der Waals surface area contributed by atoms with Crippen molar-refractivity contribution in [2.45, 2.75) is 24.6 Å². The molecule has 1 aliphatic carbocycles. The Kier molecular flexibility index (Phi) is 3.68. The fourth-order valence-electron chi connectivity index (χ4n) is 2.97. The smallest absolute Gasteiger partial charge is 0.356 e. The van der Waals surface area contributed by atoms with Gasteiger partial charge in [0.15, 0.2) is 11.7 Å². The highest BCUT2D eigenvalue weighted by atomic mass is 35.5. The summed E-state index contributed by atoms with van der Waals surface area (Å²) in [6, 6.07) is 1.17. The molecule has 25 heavy (non-hydrogen) atoms. The van der Waals surface area contributed by atoms with Crippen LogP contribution < -0.4 is 0 Å². The molecule has 9 heteroatoms. The van der Waals surface area contributed by atoms with Crippen molar-refractivity contribution in [2.75, 3.05) is 6.61 Å². The third-order valence-corrected chi connectivity index (χ3v) is 4.59. The van der Waals surface area contributed by atoms with Gasteiger partial charge in [-0.25, -0.2) is 15.0 Å². The first kappa shape index (κ1) is 16.6. The highest BCUT2D eigenvalue weighted by molar-refractivity contribution is 6.30. The Labute approximate surface area is 146 Å². The minimum atomic E-state index is -4.80. The molecule has 0 radical (unpaired) electrons. The highest BCUT2D eigenvalue weighted by Crippen LogP contribution is 2.54. The maximum atomic E-state index is 14.4. The Morgan fingerprint density at radius 1 is 1.40 bits per heavy atom. The van der Waals surface area contributed by atoms with Gasteiger partial charge in [0.05, 0.1) is 11.6 Å². The molecule has 0 saturated heterocycles. The van der Waals surface area contributed by atoms with Crippen LogP contribution >= 0.6 is 11.6 Å². The average molecular weight is 372 g/mol. The molecule has 1 aromatic rings. The lowest BCUT2D eigenvalue weighted by molar-refractivity contribution is -0.268. The fraction of sp³-hybridized carbons (Fsp3) is 0.375. The standard InChI is InChI=1S/C16H13ClF3N3O2/c17-10-6-12-13(21-7-10)22-14-11(2-1-5-23(14)24)15(12,16(18,19)20)25-8-9-3-4-9/h1-2,5-7,9,24H,3-4,8H2. The largest absolute Gasteiger partial charge is 0.426 e. The normalized spacial score (nSPS) is 25.2. The molecule has 1 unspecified atom stereocenters. The van der Waals surface area contributed by atoms with Crippen LogP contribution in [0.5, 0.6) is 0 Å². The third kappa shape index (κ3) is 2.56. The second-order valence-corrected chi connectivity index (χ2v) is 6.60. The molecule has 0 aromatic carbocycles. The van der Waals surface area contributed by atoms with E-state index in [0.29, 0.717) is 5.06 Å². The van der Waals surface area contributed by atoms with Crippen LogP contribution in [0.25, 0.3) is 0 Å². The van der Waals surface area contributed by atoms with Crippen molar-refractivity contribution in [2.24, 2.45) is 10.9 Å². The number of fused-ring (bicyclic) bond motifs is 2. The first-order chi connectivity index (χ1) is 11.8. The van der Waals surface area contributed by atoms with Gasteiger partial charge < -0.3 is 4.74 Å². The van der Waals surface area contributed by atoms with E-state index >= 15 is 0 Å². The second kappa shape index (κ2) is 5.55. The van der Waals surface area contributed by atoms with Crippen LogP contribution in [-0.2, 0) is 10.3 Å². The Bertz CT molecular complexity index is 817. The lowest BCUT2D eigenvalue weighted by Gasteiger charge is -2.42. The summed E-state index contributed by atoms with van der Waals surface area (Å²) in [6.07, 6.45) is 1.82. The van der Waals surface area contributed by atoms with Gasteiger partial charge in [0.1, 0.15) is 0 Å². The van der Waals surface area contributed by atoms with Crippen molar-refractivity contribution in [3.8, 4) is 0 Å². The monoisotopic (exact) mass is 371 g/mol. The Morgan fingerprint density at radius 3 is 2.84 bits per heavy atom. The van der Waals surface area contributed by atoms with Crippen LogP contribution in [-0.4, -0.2) is 33.9 Å². The van der Waals surface area contributed by atoms with Gasteiger partial charge in [-0.1, -0.05) is 17.7 Å². The number of nitrogens with zero attached hydrogens (tertiary/aromatic N) is 3. The molecule has 0 amide bonds. The highest BCUT2D eigenvalue weighted by Gasteiger charge is 2.64. The van der Waals surface area contributed by atoms with Gasteiger partial charge in [-0.05, 0) is 30.9 Å². The average Bonchev–Trinajstić information content (AvgIpc) is 3.36. The second-order valence-electron chi connectivity index (χ2n) is 6.16. The van der Waals surface area contributed by atoms with E-state index in [-0.39, 0.29) is 40.3 Å². The zero-order valence-corrected chi connectivity index (χ0v) is 13.6. The number of ether oxygens (including phenoxy) is 1. The molecule has 4 rings (SSSR count). The van der Waals surface area contributed by atoms with Crippen molar-refractivity contribution in [1.82, 2.24) is 10.0 Å². The lowest BCUT2D eigenvalue weighted by Crippen LogP contribution is -2.52. The zero-order valence-electron chi connectivity index (χ0n) is 12.8. The van der Waals surface area contributed by atoms with E-state index in [1.165, 1.54) is 30.6 Å². The molecular formula is C16H13ClF3N3O2. The van der Waals surface area contributed by atoms with Crippen molar-refractivity contribution in [3.63, 3.8) is 0 Å². The fourth-order valence-corrected chi connectivity index (χ4v) is 3.13. The van der Waals surface area contributed by atoms with Gasteiger partial charge in [0.2, 0.25) is 5.60 Å². The summed E-state index contributed by atoms with van der Waals surface area (Å²) in [4.78, 5) is 7.97. The maximum Gasteiger partial charge on any atom is 0.426 e. The number of aromatic nitrogens is 1. The number of hydrogen-bond donors (Lipinski definition) is 1. The number of pyridine rings is 1. The molecule has 1 saturated carbocycles. The van der Waals surface area contributed by atoms with Crippen LogP contribution in [0.15, 0.2) is 41.2 Å². The van der Waals surface area contributed by atoms with Gasteiger partial charge in [-0.3, -0.25) is 5.21 Å². The zero-order chi connectivity index (χ0) is 17.8. The molecule has 3 aliphatic rings. The number of hydroxylamine groups is 2. The number of allylic oxidation sites excluding steroid dienone is 2. The maximum absolute atomic E-state index is 14.4. The van der Waals surface area contributed by atoms with E-state index in [2.05, 4.69) is 9.98 Å². The Morgan fingerprint density at radius 2 is 2.16 bits per heavy atom. The predicted molar refractivity (Wildman–Crippen MR) is 83.6 cm³/mol. The van der Waals surface area contributed by atoms with Crippen LogP contribution in [0.1, 0.15) is 18.4 Å². The van der Waals surface area contributed by atoms with E-state index in [1.54, 1.807) is 0 Å². The van der Waals surface area contributed by atoms with Crippen molar-refractivity contribution >= 4 is 23.3 Å². The van der Waals surface area contributed by atoms with Crippen LogP contribution in [0.2, 0.25) is 5.02 Å². The van der Waals surface area contributed by atoms with Gasteiger partial charge in [-0.15, -0.1) is 0 Å². The summed E-state index contributed by atoms with van der Waals surface area (Å²) in [7, 11) is 0. The molecule has 2 aliphatic heterocycles. The molecule has 0 bridgehead atoms. The molecule has 5 nitrogen and oxygen atoms in total. The van der Waals surface area contributed by atoms with E-state index < -0.39 is 11.8 Å². The molecule has 0 spiro atoms. The number of hydrogen-bond acceptors (Lipinski definition) is 5. The van der Waals surface area contributed by atoms with Crippen LogP contribution in [0.4, 0.5) is 19.0 Å². The molecule has 1 atom stereocenters. The van der Waals surface area contributed by atoms with Gasteiger partial charge >= 0.3 is 6.18 Å². The summed E-state index contributed by atoms with van der Waals surface area (Å²) in [5, 5.41) is 10.6. The number of halogens is 4. The van der Waals surface area contributed by atoms with E-state index in [9.17, 15) is 18.4 Å². The molecular weight excluding hydrogens is 359 g/mol. The minimum absolute atomic E-state index is 0.0499. The van der Waals surface area contributed by atoms with Gasteiger partial charge in [0, 0.05) is 23.5 Å². The quantitative estimate of drug-likeness (QED) is 0.868. The summed E-state index contributed by atoms with van der Waals surface area (Å²) in [6.45, 7) is -0.0504. The summed E-state index contributed by atoms with van der Waals surface area (Å²) in [5.74, 6) is -0.348. The molecule has 132 valence electrons. The third-order valence-electron chi connectivity index (χ3n) is 4.38. The summed E-state index contributed by atoms with van der Waals surface area (Å²) < 4.78 is 48.6. The molecule has 3 heterocycles. The number of aliphatic imine (C=N–C) groups is 1. The predicted octanol–water partition coefficient (Wildman–Crippen LogP) is 4.11. The van der Waals surface area contributed by atoms with E-state index in [1.807, 2.05) is 0 Å². The minimum Gasteiger partial charge on any atom is -0.356 e. The Balaban J connectivity index is 1.97. The van der Waals surface area contributed by atoms with Crippen LogP contribution in [0, 0.1) is 5.92 Å². The van der Waals surface area contributed by atoms with Gasteiger partial charge in [0.25, 0.3) is 0 Å². The molecule has 1 fully saturated rings. The van der Waals surface area contributed by atoms with Gasteiger partial charge in [-0.2, -0.15) is 13.2 Å². The first-order valence-corrected chi connectivity index (χ1v) is 8.03. The SMILES string of the molecule is ON1C=CC=C2C1=Nc1ncc(Cl)cc1C2(OCC1CC1)C(F)(F)F. The molecule has 1 N–H and O–H groups in total. The van der Waals surface area contributed by atoms with Crippen molar-refractivity contribution in [3.05, 3.63) is 46.8 Å².